The molecule has 0 aliphatic carbocycles. The highest BCUT2D eigenvalue weighted by Crippen LogP contribution is 2.22. The van der Waals surface area contributed by atoms with Crippen molar-refractivity contribution in [2.24, 2.45) is 0 Å². The SMILES string of the molecule is c1ccc(CN2CC[C@H](n3cccc3)C2)cc1. The molecular formula is C15H18N2. The summed E-state index contributed by atoms with van der Waals surface area (Å²) in [6, 6.07) is 15.6. The predicted octanol–water partition coefficient (Wildman–Crippen LogP) is 2.94. The minimum Gasteiger partial charge on any atom is -0.350 e. The van der Waals surface area contributed by atoms with Crippen molar-refractivity contribution in [1.29, 1.82) is 0 Å². The lowest BCUT2D eigenvalue weighted by molar-refractivity contribution is 0.316. The zero-order valence-electron chi connectivity index (χ0n) is 10.00. The van der Waals surface area contributed by atoms with Gasteiger partial charge in [0.2, 0.25) is 0 Å². The average Bonchev–Trinajstić information content (AvgIpc) is 3.00. The molecule has 0 saturated carbocycles. The first-order valence-electron chi connectivity index (χ1n) is 6.30. The van der Waals surface area contributed by atoms with Gasteiger partial charge >= 0.3 is 0 Å². The molecule has 0 unspecified atom stereocenters. The summed E-state index contributed by atoms with van der Waals surface area (Å²) in [7, 11) is 0. The Morgan fingerprint density at radius 2 is 1.76 bits per heavy atom. The highest BCUT2D eigenvalue weighted by molar-refractivity contribution is 5.14. The van der Waals surface area contributed by atoms with Crippen molar-refractivity contribution in [2.75, 3.05) is 13.1 Å². The number of benzene rings is 1. The third kappa shape index (κ3) is 2.42. The maximum Gasteiger partial charge on any atom is 0.0470 e. The quantitative estimate of drug-likeness (QED) is 0.781. The summed E-state index contributed by atoms with van der Waals surface area (Å²) in [6.07, 6.45) is 5.62. The zero-order valence-corrected chi connectivity index (χ0v) is 10.00. The molecule has 17 heavy (non-hydrogen) atoms. The molecule has 1 aromatic carbocycles. The third-order valence-corrected chi connectivity index (χ3v) is 3.55. The van der Waals surface area contributed by atoms with Crippen LogP contribution in [0.1, 0.15) is 18.0 Å². The van der Waals surface area contributed by atoms with Crippen molar-refractivity contribution in [3.8, 4) is 0 Å². The molecule has 1 atom stereocenters. The minimum absolute atomic E-state index is 0.661. The van der Waals surface area contributed by atoms with E-state index in [1.54, 1.807) is 0 Å². The molecule has 1 aromatic heterocycles. The first-order chi connectivity index (χ1) is 8.42. The molecule has 2 nitrogen and oxygen atoms in total. The van der Waals surface area contributed by atoms with Gasteiger partial charge in [0.15, 0.2) is 0 Å². The van der Waals surface area contributed by atoms with E-state index in [1.807, 2.05) is 0 Å². The monoisotopic (exact) mass is 226 g/mol. The maximum absolute atomic E-state index is 2.54. The van der Waals surface area contributed by atoms with Gasteiger partial charge in [-0.05, 0) is 24.1 Å². The summed E-state index contributed by atoms with van der Waals surface area (Å²) >= 11 is 0. The van der Waals surface area contributed by atoms with Gasteiger partial charge < -0.3 is 4.57 Å². The number of rotatable bonds is 3. The molecule has 0 bridgehead atoms. The van der Waals surface area contributed by atoms with Gasteiger partial charge in [0.25, 0.3) is 0 Å². The van der Waals surface area contributed by atoms with E-state index in [-0.39, 0.29) is 0 Å². The second-order valence-corrected chi connectivity index (χ2v) is 4.79. The van der Waals surface area contributed by atoms with Crippen molar-refractivity contribution in [1.82, 2.24) is 9.47 Å². The lowest BCUT2D eigenvalue weighted by atomic mass is 10.2. The van der Waals surface area contributed by atoms with Gasteiger partial charge in [-0.15, -0.1) is 0 Å². The van der Waals surface area contributed by atoms with Crippen LogP contribution in [0.3, 0.4) is 0 Å². The molecule has 0 radical (unpaired) electrons. The summed E-state index contributed by atoms with van der Waals surface area (Å²) in [6.45, 7) is 3.46. The van der Waals surface area contributed by atoms with Crippen LogP contribution in [0.5, 0.6) is 0 Å². The normalized spacial score (nSPS) is 20.8. The van der Waals surface area contributed by atoms with Crippen LogP contribution in [0.25, 0.3) is 0 Å². The Morgan fingerprint density at radius 1 is 1.00 bits per heavy atom. The average molecular weight is 226 g/mol. The van der Waals surface area contributed by atoms with Crippen LogP contribution in [-0.4, -0.2) is 22.6 Å². The Morgan fingerprint density at radius 3 is 2.53 bits per heavy atom. The topological polar surface area (TPSA) is 8.17 Å². The van der Waals surface area contributed by atoms with Crippen molar-refractivity contribution in [3.05, 3.63) is 60.4 Å². The van der Waals surface area contributed by atoms with Crippen molar-refractivity contribution >= 4 is 0 Å². The standard InChI is InChI=1S/C15H18N2/c1-2-6-14(7-3-1)12-16-11-8-15(13-16)17-9-4-5-10-17/h1-7,9-10,15H,8,11-13H2/t15-/m0/s1. The van der Waals surface area contributed by atoms with Crippen molar-refractivity contribution in [2.45, 2.75) is 19.0 Å². The van der Waals surface area contributed by atoms with Crippen molar-refractivity contribution in [3.63, 3.8) is 0 Å². The van der Waals surface area contributed by atoms with E-state index >= 15 is 0 Å². The van der Waals surface area contributed by atoms with Crippen LogP contribution in [0, 0.1) is 0 Å². The van der Waals surface area contributed by atoms with Crippen LogP contribution in [0.2, 0.25) is 0 Å². The number of hydrogen-bond donors (Lipinski definition) is 0. The summed E-state index contributed by atoms with van der Waals surface area (Å²) in [5.74, 6) is 0. The lowest BCUT2D eigenvalue weighted by Gasteiger charge is -2.16. The van der Waals surface area contributed by atoms with Gasteiger partial charge in [-0.2, -0.15) is 0 Å². The van der Waals surface area contributed by atoms with E-state index in [0.717, 1.165) is 6.54 Å². The minimum atomic E-state index is 0.661. The van der Waals surface area contributed by atoms with Gasteiger partial charge in [0.05, 0.1) is 0 Å². The number of nitrogens with zero attached hydrogens (tertiary/aromatic N) is 2. The molecule has 1 aliphatic rings. The molecule has 2 heteroatoms. The lowest BCUT2D eigenvalue weighted by Crippen LogP contribution is -2.20. The molecule has 3 rings (SSSR count). The maximum atomic E-state index is 2.54. The Bertz CT molecular complexity index is 447. The predicted molar refractivity (Wildman–Crippen MR) is 69.8 cm³/mol. The van der Waals surface area contributed by atoms with Gasteiger partial charge in [0, 0.05) is 38.1 Å². The second-order valence-electron chi connectivity index (χ2n) is 4.79. The smallest absolute Gasteiger partial charge is 0.0470 e. The fourth-order valence-corrected chi connectivity index (χ4v) is 2.63. The van der Waals surface area contributed by atoms with Gasteiger partial charge in [-0.25, -0.2) is 0 Å². The van der Waals surface area contributed by atoms with Crippen LogP contribution >= 0.6 is 0 Å². The largest absolute Gasteiger partial charge is 0.350 e. The second kappa shape index (κ2) is 4.76. The van der Waals surface area contributed by atoms with Crippen LogP contribution in [-0.2, 0) is 6.54 Å². The summed E-state index contributed by atoms with van der Waals surface area (Å²) in [4.78, 5) is 2.54. The number of likely N-dealkylation sites (tertiary alicyclic amines) is 1. The van der Waals surface area contributed by atoms with E-state index in [9.17, 15) is 0 Å². The number of aromatic nitrogens is 1. The fourth-order valence-electron chi connectivity index (χ4n) is 2.63. The first kappa shape index (κ1) is 10.6. The Balaban J connectivity index is 1.61. The highest BCUT2D eigenvalue weighted by Gasteiger charge is 2.22. The summed E-state index contributed by atoms with van der Waals surface area (Å²) < 4.78 is 2.34. The summed E-state index contributed by atoms with van der Waals surface area (Å²) in [5, 5.41) is 0. The molecule has 1 aliphatic heterocycles. The highest BCUT2D eigenvalue weighted by atomic mass is 15.2. The molecular weight excluding hydrogens is 208 g/mol. The molecule has 2 heterocycles. The molecule has 0 N–H and O–H groups in total. The van der Waals surface area contributed by atoms with E-state index in [0.29, 0.717) is 6.04 Å². The zero-order chi connectivity index (χ0) is 11.5. The van der Waals surface area contributed by atoms with Gasteiger partial charge in [-0.1, -0.05) is 30.3 Å². The first-order valence-corrected chi connectivity index (χ1v) is 6.30. The van der Waals surface area contributed by atoms with E-state index in [2.05, 4.69) is 64.3 Å². The summed E-state index contributed by atoms with van der Waals surface area (Å²) in [5.41, 5.74) is 1.42. The molecule has 1 fully saturated rings. The van der Waals surface area contributed by atoms with Crippen LogP contribution < -0.4 is 0 Å². The third-order valence-electron chi connectivity index (χ3n) is 3.55. The van der Waals surface area contributed by atoms with Gasteiger partial charge in [0.1, 0.15) is 0 Å². The van der Waals surface area contributed by atoms with E-state index in [4.69, 9.17) is 0 Å². The van der Waals surface area contributed by atoms with Crippen molar-refractivity contribution < 1.29 is 0 Å². The molecule has 0 amide bonds. The Labute approximate surface area is 102 Å². The molecule has 2 aromatic rings. The Kier molecular flexibility index (Phi) is 2.97. The van der Waals surface area contributed by atoms with Crippen LogP contribution in [0.15, 0.2) is 54.9 Å². The fraction of sp³-hybridized carbons (Fsp3) is 0.333. The molecule has 1 saturated heterocycles. The molecule has 0 spiro atoms. The Hall–Kier alpha value is -1.54. The van der Waals surface area contributed by atoms with E-state index < -0.39 is 0 Å². The van der Waals surface area contributed by atoms with Gasteiger partial charge in [-0.3, -0.25) is 4.90 Å². The molecule has 88 valence electrons. The van der Waals surface area contributed by atoms with E-state index in [1.165, 1.54) is 25.1 Å². The number of hydrogen-bond acceptors (Lipinski definition) is 1. The van der Waals surface area contributed by atoms with Crippen LogP contribution in [0.4, 0.5) is 0 Å².